The van der Waals surface area contributed by atoms with Crippen LogP contribution in [0, 0.1) is 17.2 Å². The highest BCUT2D eigenvalue weighted by Gasteiger charge is 2.37. The summed E-state index contributed by atoms with van der Waals surface area (Å²) in [5.74, 6) is -1.29. The second-order valence-electron chi connectivity index (χ2n) is 10.7. The van der Waals surface area contributed by atoms with Crippen molar-refractivity contribution in [2.24, 2.45) is 11.3 Å². The Hall–Kier alpha value is -2.88. The van der Waals surface area contributed by atoms with Crippen LogP contribution < -0.4 is 21.0 Å². The lowest BCUT2D eigenvalue weighted by molar-refractivity contribution is -0.142. The van der Waals surface area contributed by atoms with Crippen molar-refractivity contribution in [1.29, 1.82) is 0 Å². The first-order chi connectivity index (χ1) is 16.6. The first-order valence-electron chi connectivity index (χ1n) is 12.4. The molecule has 1 aliphatic heterocycles. The van der Waals surface area contributed by atoms with E-state index in [9.17, 15) is 18.8 Å². The first kappa shape index (κ1) is 26.7. The van der Waals surface area contributed by atoms with Gasteiger partial charge in [-0.25, -0.2) is 14.7 Å². The van der Waals surface area contributed by atoms with Gasteiger partial charge in [-0.2, -0.15) is 0 Å². The van der Waals surface area contributed by atoms with Crippen LogP contribution in [0.1, 0.15) is 59.3 Å². The molecule has 10 heteroatoms. The average Bonchev–Trinajstić information content (AvgIpc) is 3.50. The van der Waals surface area contributed by atoms with Gasteiger partial charge in [0.25, 0.3) is 5.91 Å². The monoisotopic (exact) mass is 491 g/mol. The summed E-state index contributed by atoms with van der Waals surface area (Å²) in [6.07, 6.45) is 6.16. The van der Waals surface area contributed by atoms with Crippen molar-refractivity contribution in [1.82, 2.24) is 15.7 Å². The van der Waals surface area contributed by atoms with Gasteiger partial charge in [-0.1, -0.05) is 33.6 Å². The molecule has 1 heterocycles. The van der Waals surface area contributed by atoms with Gasteiger partial charge < -0.3 is 20.4 Å². The highest BCUT2D eigenvalue weighted by molar-refractivity contribution is 5.97. The molecule has 194 valence electrons. The molecule has 1 atom stereocenters. The van der Waals surface area contributed by atoms with Crippen LogP contribution in [-0.2, 0) is 9.59 Å². The smallest absolute Gasteiger partial charge is 0.319 e. The van der Waals surface area contributed by atoms with E-state index in [1.807, 2.05) is 20.8 Å². The van der Waals surface area contributed by atoms with Crippen molar-refractivity contribution >= 4 is 29.2 Å². The quantitative estimate of drug-likeness (QED) is 0.328. The number of amides is 4. The van der Waals surface area contributed by atoms with Crippen LogP contribution in [0.15, 0.2) is 18.2 Å². The number of benzene rings is 1. The summed E-state index contributed by atoms with van der Waals surface area (Å²) in [7, 11) is 0. The maximum absolute atomic E-state index is 14.0. The highest BCUT2D eigenvalue weighted by atomic mass is 19.1. The highest BCUT2D eigenvalue weighted by Crippen LogP contribution is 2.30. The molecule has 1 saturated heterocycles. The Morgan fingerprint density at radius 1 is 1.14 bits per heavy atom. The zero-order chi connectivity index (χ0) is 25.6. The van der Waals surface area contributed by atoms with E-state index in [0.717, 1.165) is 57.3 Å². The van der Waals surface area contributed by atoms with Crippen molar-refractivity contribution in [2.45, 2.75) is 65.3 Å². The minimum atomic E-state index is -0.945. The number of urea groups is 1. The lowest BCUT2D eigenvalue weighted by Crippen LogP contribution is -2.57. The normalized spacial score (nSPS) is 17.2. The molecule has 1 unspecified atom stereocenters. The zero-order valence-electron chi connectivity index (χ0n) is 20.9. The topological polar surface area (TPSA) is 114 Å². The number of hydrogen-bond acceptors (Lipinski definition) is 5. The van der Waals surface area contributed by atoms with Crippen molar-refractivity contribution < 1.29 is 24.0 Å². The fraction of sp³-hybridized carbons (Fsp3) is 0.640. The summed E-state index contributed by atoms with van der Waals surface area (Å²) in [4.78, 5) is 42.1. The van der Waals surface area contributed by atoms with Crippen LogP contribution in [0.3, 0.4) is 0 Å². The molecule has 2 aliphatic rings. The Morgan fingerprint density at radius 3 is 2.40 bits per heavy atom. The predicted molar refractivity (Wildman–Crippen MR) is 132 cm³/mol. The molecular formula is C25H38FN5O4. The number of carbonyl (C=O) groups excluding carboxylic acids is 3. The van der Waals surface area contributed by atoms with Gasteiger partial charge in [0.05, 0.1) is 11.4 Å². The van der Waals surface area contributed by atoms with Gasteiger partial charge in [0.2, 0.25) is 5.91 Å². The maximum atomic E-state index is 14.0. The van der Waals surface area contributed by atoms with Crippen LogP contribution in [0.25, 0.3) is 0 Å². The number of carbonyl (C=O) groups is 3. The van der Waals surface area contributed by atoms with E-state index in [1.165, 1.54) is 17.0 Å². The molecule has 2 fully saturated rings. The van der Waals surface area contributed by atoms with Crippen molar-refractivity contribution in [3.63, 3.8) is 0 Å². The van der Waals surface area contributed by atoms with E-state index in [4.69, 9.17) is 5.21 Å². The Balaban J connectivity index is 1.77. The van der Waals surface area contributed by atoms with Gasteiger partial charge in [0, 0.05) is 19.6 Å². The third kappa shape index (κ3) is 7.30. The molecule has 3 rings (SSSR count). The molecular weight excluding hydrogens is 453 g/mol. The Labute approximate surface area is 206 Å². The fourth-order valence-electron chi connectivity index (χ4n) is 4.91. The van der Waals surface area contributed by atoms with Crippen LogP contribution >= 0.6 is 0 Å². The van der Waals surface area contributed by atoms with E-state index >= 15 is 0 Å². The number of nitrogens with one attached hydrogen (secondary N) is 3. The van der Waals surface area contributed by atoms with Crippen LogP contribution in [0.2, 0.25) is 0 Å². The second kappa shape index (κ2) is 11.7. The first-order valence-corrected chi connectivity index (χ1v) is 12.4. The minimum Gasteiger partial charge on any atom is -0.370 e. The molecule has 35 heavy (non-hydrogen) atoms. The minimum absolute atomic E-state index is 0.273. The number of rotatable bonds is 8. The van der Waals surface area contributed by atoms with E-state index in [0.29, 0.717) is 12.2 Å². The summed E-state index contributed by atoms with van der Waals surface area (Å²) in [6, 6.07) is 2.72. The van der Waals surface area contributed by atoms with E-state index in [-0.39, 0.29) is 12.5 Å². The molecule has 0 bridgehead atoms. The van der Waals surface area contributed by atoms with Gasteiger partial charge in [-0.05, 0) is 55.2 Å². The number of nitrogens with zero attached hydrogens (tertiary/aromatic N) is 2. The summed E-state index contributed by atoms with van der Waals surface area (Å²) in [5, 5.41) is 14.5. The lowest BCUT2D eigenvalue weighted by atomic mass is 9.85. The van der Waals surface area contributed by atoms with Gasteiger partial charge in [-0.3, -0.25) is 14.8 Å². The van der Waals surface area contributed by atoms with E-state index < -0.39 is 35.1 Å². The van der Waals surface area contributed by atoms with Gasteiger partial charge in [-0.15, -0.1) is 0 Å². The Bertz CT molecular complexity index is 908. The van der Waals surface area contributed by atoms with Gasteiger partial charge in [0.15, 0.2) is 0 Å². The maximum Gasteiger partial charge on any atom is 0.319 e. The zero-order valence-corrected chi connectivity index (χ0v) is 20.9. The molecule has 1 aromatic rings. The fourth-order valence-corrected chi connectivity index (χ4v) is 4.91. The summed E-state index contributed by atoms with van der Waals surface area (Å²) in [5.41, 5.74) is 2.00. The molecule has 4 amide bonds. The summed E-state index contributed by atoms with van der Waals surface area (Å²) < 4.78 is 14.0. The summed E-state index contributed by atoms with van der Waals surface area (Å²) >= 11 is 0. The third-order valence-electron chi connectivity index (χ3n) is 6.77. The van der Waals surface area contributed by atoms with Gasteiger partial charge in [0.1, 0.15) is 18.4 Å². The molecule has 0 aromatic heterocycles. The number of halogens is 1. The van der Waals surface area contributed by atoms with Crippen molar-refractivity contribution in [3.05, 3.63) is 24.0 Å². The Kier molecular flexibility index (Phi) is 8.93. The average molecular weight is 492 g/mol. The molecule has 0 radical (unpaired) electrons. The summed E-state index contributed by atoms with van der Waals surface area (Å²) in [6.45, 7) is 7.21. The lowest BCUT2D eigenvalue weighted by Gasteiger charge is -2.35. The van der Waals surface area contributed by atoms with Gasteiger partial charge >= 0.3 is 6.03 Å². The number of anilines is 2. The second-order valence-corrected chi connectivity index (χ2v) is 10.7. The largest absolute Gasteiger partial charge is 0.370 e. The van der Waals surface area contributed by atoms with Crippen molar-refractivity contribution in [3.8, 4) is 0 Å². The number of hydrogen-bond donors (Lipinski definition) is 4. The van der Waals surface area contributed by atoms with E-state index in [2.05, 4.69) is 15.5 Å². The molecule has 1 saturated carbocycles. The predicted octanol–water partition coefficient (Wildman–Crippen LogP) is 3.49. The Morgan fingerprint density at radius 2 is 1.80 bits per heavy atom. The molecule has 1 aliphatic carbocycles. The van der Waals surface area contributed by atoms with Crippen molar-refractivity contribution in [2.75, 3.05) is 36.4 Å². The molecule has 4 N–H and O–H groups in total. The molecule has 0 spiro atoms. The molecule has 9 nitrogen and oxygen atoms in total. The SMILES string of the molecule is CC(C)(C)C(NC(=O)Nc1cc(F)ccc1N1CCCC1)C(=O)N(CC(=O)NO)CC1CCCC1. The number of hydroxylamine groups is 1. The van der Waals surface area contributed by atoms with Crippen LogP contribution in [-0.4, -0.2) is 60.2 Å². The molecule has 1 aromatic carbocycles. The van der Waals surface area contributed by atoms with E-state index in [1.54, 1.807) is 11.5 Å². The van der Waals surface area contributed by atoms with Crippen LogP contribution in [0.5, 0.6) is 0 Å². The standard InChI is InChI=1S/C25H38FN5O4/c1-25(2,3)22(23(33)31(16-21(32)29-35)15-17-8-4-5-9-17)28-24(34)27-19-14-18(26)10-11-20(19)30-12-6-7-13-30/h10-11,14,17,22,35H,4-9,12-13,15-16H2,1-3H3,(H,29,32)(H2,27,28,34). The van der Waals surface area contributed by atoms with Crippen LogP contribution in [0.4, 0.5) is 20.6 Å². The third-order valence-corrected chi connectivity index (χ3v) is 6.77.